The van der Waals surface area contributed by atoms with Crippen LogP contribution in [0.1, 0.15) is 29.6 Å². The molecule has 2 N–H and O–H groups in total. The van der Waals surface area contributed by atoms with Crippen molar-refractivity contribution < 1.29 is 14.5 Å². The molecule has 0 saturated carbocycles. The highest BCUT2D eigenvalue weighted by molar-refractivity contribution is 5.98. The Labute approximate surface area is 122 Å². The minimum absolute atomic E-state index is 0.00448. The van der Waals surface area contributed by atoms with E-state index in [1.165, 1.54) is 6.07 Å². The number of anilines is 1. The van der Waals surface area contributed by atoms with Crippen molar-refractivity contribution in [2.24, 2.45) is 0 Å². The number of carbonyl (C=O) groups is 1. The summed E-state index contributed by atoms with van der Waals surface area (Å²) in [6.45, 7) is 1.05. The molecule has 2 heterocycles. The van der Waals surface area contributed by atoms with Gasteiger partial charge in [-0.1, -0.05) is 0 Å². The van der Waals surface area contributed by atoms with Gasteiger partial charge in [0.15, 0.2) is 0 Å². The Hall–Kier alpha value is -2.22. The number of carbonyl (C=O) groups excluding carboxylic acids is 1. The van der Waals surface area contributed by atoms with Gasteiger partial charge in [-0.15, -0.1) is 0 Å². The van der Waals surface area contributed by atoms with Crippen molar-refractivity contribution in [3.63, 3.8) is 0 Å². The largest absolute Gasteiger partial charge is 0.376 e. The molecule has 1 aliphatic heterocycles. The van der Waals surface area contributed by atoms with E-state index in [-0.39, 0.29) is 17.4 Å². The molecule has 0 aromatic carbocycles. The second-order valence-corrected chi connectivity index (χ2v) is 4.79. The summed E-state index contributed by atoms with van der Waals surface area (Å²) in [5.74, 6) is -0.0885. The first-order valence-corrected chi connectivity index (χ1v) is 6.84. The van der Waals surface area contributed by atoms with Crippen molar-refractivity contribution in [3.8, 4) is 0 Å². The Kier molecular flexibility index (Phi) is 5.04. The number of rotatable bonds is 5. The molecule has 21 heavy (non-hydrogen) atoms. The lowest BCUT2D eigenvalue weighted by molar-refractivity contribution is -0.385. The summed E-state index contributed by atoms with van der Waals surface area (Å²) in [6.07, 6.45) is 4.05. The van der Waals surface area contributed by atoms with E-state index in [0.29, 0.717) is 19.0 Å². The normalized spacial score (nSPS) is 18.0. The molecule has 0 bridgehead atoms. The molecule has 1 saturated heterocycles. The van der Waals surface area contributed by atoms with Gasteiger partial charge in [-0.2, -0.15) is 0 Å². The Bertz CT molecular complexity index is 529. The van der Waals surface area contributed by atoms with E-state index < -0.39 is 10.8 Å². The van der Waals surface area contributed by atoms with Crippen molar-refractivity contribution >= 4 is 17.4 Å². The number of nitro groups is 1. The first-order chi connectivity index (χ1) is 10.1. The molecule has 8 nitrogen and oxygen atoms in total. The molecule has 1 amide bonds. The molecule has 0 aliphatic carbocycles. The van der Waals surface area contributed by atoms with Crippen LogP contribution in [0.3, 0.4) is 0 Å². The molecule has 1 aliphatic rings. The van der Waals surface area contributed by atoms with E-state index in [4.69, 9.17) is 4.74 Å². The van der Waals surface area contributed by atoms with Crippen molar-refractivity contribution in [2.75, 3.05) is 25.5 Å². The summed E-state index contributed by atoms with van der Waals surface area (Å²) in [6, 6.07) is 1.37. The minimum atomic E-state index is -0.613. The second kappa shape index (κ2) is 6.98. The zero-order valence-corrected chi connectivity index (χ0v) is 11.8. The molecule has 0 spiro atoms. The summed E-state index contributed by atoms with van der Waals surface area (Å²) < 4.78 is 5.51. The molecule has 1 fully saturated rings. The molecule has 114 valence electrons. The van der Waals surface area contributed by atoms with Crippen LogP contribution >= 0.6 is 0 Å². The van der Waals surface area contributed by atoms with Gasteiger partial charge < -0.3 is 15.4 Å². The summed E-state index contributed by atoms with van der Waals surface area (Å²) in [5.41, 5.74) is -0.314. The number of aromatic nitrogens is 1. The zero-order chi connectivity index (χ0) is 15.2. The van der Waals surface area contributed by atoms with Gasteiger partial charge in [-0.25, -0.2) is 4.98 Å². The third-order valence-corrected chi connectivity index (χ3v) is 3.34. The van der Waals surface area contributed by atoms with E-state index in [1.807, 2.05) is 0 Å². The molecule has 2 rings (SSSR count). The van der Waals surface area contributed by atoms with E-state index >= 15 is 0 Å². The van der Waals surface area contributed by atoms with Crippen molar-refractivity contribution in [1.82, 2.24) is 10.3 Å². The number of pyridine rings is 1. The van der Waals surface area contributed by atoms with Gasteiger partial charge in [-0.3, -0.25) is 14.9 Å². The molecule has 1 atom stereocenters. The summed E-state index contributed by atoms with van der Waals surface area (Å²) in [5, 5.41) is 16.4. The monoisotopic (exact) mass is 294 g/mol. The number of hydrogen-bond donors (Lipinski definition) is 2. The van der Waals surface area contributed by atoms with E-state index in [0.717, 1.165) is 25.5 Å². The predicted molar refractivity (Wildman–Crippen MR) is 76.4 cm³/mol. The lowest BCUT2D eigenvalue weighted by Crippen LogP contribution is -2.35. The van der Waals surface area contributed by atoms with Gasteiger partial charge in [-0.05, 0) is 19.3 Å². The molecular formula is C13H18N4O4. The van der Waals surface area contributed by atoms with Crippen LogP contribution in [0.4, 0.5) is 11.5 Å². The average molecular weight is 294 g/mol. The quantitative estimate of drug-likeness (QED) is 0.626. The van der Waals surface area contributed by atoms with E-state index in [1.54, 1.807) is 7.05 Å². The SMILES string of the molecule is CNc1cc(C(=O)NCC2CCCCO2)c([N+](=O)[O-])cn1. The van der Waals surface area contributed by atoms with Gasteiger partial charge in [0, 0.05) is 26.3 Å². The van der Waals surface area contributed by atoms with E-state index in [2.05, 4.69) is 15.6 Å². The van der Waals surface area contributed by atoms with Crippen molar-refractivity contribution in [3.05, 3.63) is 27.9 Å². The van der Waals surface area contributed by atoms with Gasteiger partial charge in [0.05, 0.1) is 11.0 Å². The van der Waals surface area contributed by atoms with Crippen LogP contribution in [0.15, 0.2) is 12.3 Å². The van der Waals surface area contributed by atoms with Crippen LogP contribution in [0, 0.1) is 10.1 Å². The molecule has 1 unspecified atom stereocenters. The van der Waals surface area contributed by atoms with Gasteiger partial charge in [0.1, 0.15) is 17.6 Å². The highest BCUT2D eigenvalue weighted by Gasteiger charge is 2.22. The topological polar surface area (TPSA) is 106 Å². The smallest absolute Gasteiger partial charge is 0.300 e. The summed E-state index contributed by atoms with van der Waals surface area (Å²) >= 11 is 0. The lowest BCUT2D eigenvalue weighted by Gasteiger charge is -2.22. The Morgan fingerprint density at radius 1 is 1.57 bits per heavy atom. The molecule has 1 aromatic heterocycles. The number of nitrogens with zero attached hydrogens (tertiary/aromatic N) is 2. The van der Waals surface area contributed by atoms with Gasteiger partial charge >= 0.3 is 0 Å². The Morgan fingerprint density at radius 3 is 3.00 bits per heavy atom. The molecule has 8 heteroatoms. The fourth-order valence-electron chi connectivity index (χ4n) is 2.18. The highest BCUT2D eigenvalue weighted by Crippen LogP contribution is 2.20. The minimum Gasteiger partial charge on any atom is -0.376 e. The maximum absolute atomic E-state index is 12.2. The van der Waals surface area contributed by atoms with Crippen LogP contribution in [0.25, 0.3) is 0 Å². The fraction of sp³-hybridized carbons (Fsp3) is 0.538. The highest BCUT2D eigenvalue weighted by atomic mass is 16.6. The maximum atomic E-state index is 12.2. The van der Waals surface area contributed by atoms with Gasteiger partial charge in [0.2, 0.25) is 0 Å². The maximum Gasteiger partial charge on any atom is 0.300 e. The Balaban J connectivity index is 2.07. The Morgan fingerprint density at radius 2 is 2.38 bits per heavy atom. The second-order valence-electron chi connectivity index (χ2n) is 4.79. The number of nitrogens with one attached hydrogen (secondary N) is 2. The summed E-state index contributed by atoms with van der Waals surface area (Å²) in [7, 11) is 1.63. The first-order valence-electron chi connectivity index (χ1n) is 6.84. The standard InChI is InChI=1S/C13H18N4O4/c1-14-12-6-10(11(8-15-12)17(19)20)13(18)16-7-9-4-2-3-5-21-9/h6,8-9H,2-5,7H2,1H3,(H,14,15)(H,16,18). The average Bonchev–Trinajstić information content (AvgIpc) is 2.52. The summed E-state index contributed by atoms with van der Waals surface area (Å²) in [4.78, 5) is 26.4. The zero-order valence-electron chi connectivity index (χ0n) is 11.8. The number of hydrogen-bond acceptors (Lipinski definition) is 6. The van der Waals surface area contributed by atoms with Crippen molar-refractivity contribution in [2.45, 2.75) is 25.4 Å². The van der Waals surface area contributed by atoms with Crippen LogP contribution in [-0.4, -0.2) is 42.1 Å². The predicted octanol–water partition coefficient (Wildman–Crippen LogP) is 1.33. The lowest BCUT2D eigenvalue weighted by atomic mass is 10.1. The van der Waals surface area contributed by atoms with E-state index in [9.17, 15) is 14.9 Å². The molecule has 1 aromatic rings. The van der Waals surface area contributed by atoms with Crippen LogP contribution < -0.4 is 10.6 Å². The first kappa shape index (κ1) is 15.2. The number of amides is 1. The van der Waals surface area contributed by atoms with Crippen LogP contribution in [0.5, 0.6) is 0 Å². The molecule has 0 radical (unpaired) electrons. The van der Waals surface area contributed by atoms with Gasteiger partial charge in [0.25, 0.3) is 11.6 Å². The molecular weight excluding hydrogens is 276 g/mol. The van der Waals surface area contributed by atoms with Crippen LogP contribution in [0.2, 0.25) is 0 Å². The third kappa shape index (κ3) is 3.88. The van der Waals surface area contributed by atoms with Crippen LogP contribution in [-0.2, 0) is 4.74 Å². The third-order valence-electron chi connectivity index (χ3n) is 3.34. The van der Waals surface area contributed by atoms with Crippen molar-refractivity contribution in [1.29, 1.82) is 0 Å². The number of ether oxygens (including phenoxy) is 1. The fourth-order valence-corrected chi connectivity index (χ4v) is 2.18.